The molecule has 3 heteroatoms. The molecule has 1 aliphatic heterocycles. The molecule has 0 saturated heterocycles. The van der Waals surface area contributed by atoms with Gasteiger partial charge in [-0.3, -0.25) is 0 Å². The lowest BCUT2D eigenvalue weighted by Crippen LogP contribution is -2.62. The predicted molar refractivity (Wildman–Crippen MR) is 84.7 cm³/mol. The Morgan fingerprint density at radius 2 is 1.80 bits per heavy atom. The van der Waals surface area contributed by atoms with E-state index in [9.17, 15) is 0 Å². The minimum absolute atomic E-state index is 0.301. The number of benzene rings is 1. The van der Waals surface area contributed by atoms with Crippen LogP contribution in [0.2, 0.25) is 0 Å². The highest BCUT2D eigenvalue weighted by Crippen LogP contribution is 2.06. The summed E-state index contributed by atoms with van der Waals surface area (Å²) in [4.78, 5) is 2.31. The molecule has 1 aromatic heterocycles. The van der Waals surface area contributed by atoms with Gasteiger partial charge in [-0.1, -0.05) is 29.7 Å². The third-order valence-corrected chi connectivity index (χ3v) is 4.15. The normalized spacial score (nSPS) is 14.1. The second kappa shape index (κ2) is 4.82. The zero-order valence-electron chi connectivity index (χ0n) is 12.6. The van der Waals surface area contributed by atoms with E-state index >= 15 is 0 Å². The van der Waals surface area contributed by atoms with Gasteiger partial charge in [0.2, 0.25) is 0 Å². The summed E-state index contributed by atoms with van der Waals surface area (Å²) in [6.45, 7) is 4.68. The summed E-state index contributed by atoms with van der Waals surface area (Å²) in [7, 11) is 4.29. The van der Waals surface area contributed by atoms with Crippen molar-refractivity contribution >= 4 is 24.1 Å². The summed E-state index contributed by atoms with van der Waals surface area (Å²) in [5.74, 6) is 0. The first-order valence-corrected chi connectivity index (χ1v) is 7.04. The quantitative estimate of drug-likeness (QED) is 0.523. The summed E-state index contributed by atoms with van der Waals surface area (Å²) in [6, 6.07) is 13.0. The van der Waals surface area contributed by atoms with Gasteiger partial charge < -0.3 is 4.81 Å². The number of hydrogen-bond acceptors (Lipinski definition) is 1. The second-order valence-electron chi connectivity index (χ2n) is 5.71. The van der Waals surface area contributed by atoms with Crippen molar-refractivity contribution in [2.75, 3.05) is 7.05 Å². The molecule has 0 spiro atoms. The van der Waals surface area contributed by atoms with Crippen molar-refractivity contribution in [3.05, 3.63) is 58.6 Å². The Morgan fingerprint density at radius 3 is 2.55 bits per heavy atom. The highest BCUT2D eigenvalue weighted by molar-refractivity contribution is 6.85. The van der Waals surface area contributed by atoms with Crippen LogP contribution < -0.4 is 20.6 Å². The van der Waals surface area contributed by atoms with Crippen molar-refractivity contribution in [3.63, 3.8) is 0 Å². The first-order valence-electron chi connectivity index (χ1n) is 7.04. The molecule has 0 saturated carbocycles. The lowest BCUT2D eigenvalue weighted by molar-refractivity contribution is -0.654. The van der Waals surface area contributed by atoms with Gasteiger partial charge >= 0.3 is 6.85 Å². The average molecular weight is 263 g/mol. The van der Waals surface area contributed by atoms with Crippen LogP contribution in [0.1, 0.15) is 12.5 Å². The van der Waals surface area contributed by atoms with Crippen molar-refractivity contribution in [1.82, 2.24) is 4.81 Å². The molecule has 20 heavy (non-hydrogen) atoms. The summed E-state index contributed by atoms with van der Waals surface area (Å²) in [5, 5.41) is 2.66. The van der Waals surface area contributed by atoms with E-state index in [0.717, 1.165) is 0 Å². The van der Waals surface area contributed by atoms with Crippen LogP contribution >= 0.6 is 0 Å². The maximum Gasteiger partial charge on any atom is 0.399 e. The molecule has 0 atom stereocenters. The molecule has 3 rings (SSSR count). The van der Waals surface area contributed by atoms with E-state index in [1.54, 1.807) is 0 Å². The molecule has 2 heterocycles. The van der Waals surface area contributed by atoms with Gasteiger partial charge in [-0.2, -0.15) is 0 Å². The number of fused-ring (bicyclic) bond motifs is 1. The Kier molecular flexibility index (Phi) is 3.13. The largest absolute Gasteiger partial charge is 0.410 e. The standard InChI is InChI=1S/C17H20BN2/c1-13-9-10-17(19(3)11-13)18-14(2)16-8-6-5-7-15(16)12-20(18)4/h5-12H,1-4H3/q+1. The van der Waals surface area contributed by atoms with E-state index in [-0.39, 0.29) is 0 Å². The molecule has 1 aliphatic rings. The van der Waals surface area contributed by atoms with E-state index < -0.39 is 0 Å². The molecule has 2 nitrogen and oxygen atoms in total. The summed E-state index contributed by atoms with van der Waals surface area (Å²) in [6.07, 6.45) is 4.43. The highest BCUT2D eigenvalue weighted by Gasteiger charge is 2.33. The number of pyridine rings is 1. The molecule has 0 bridgehead atoms. The van der Waals surface area contributed by atoms with Crippen molar-refractivity contribution < 1.29 is 4.57 Å². The number of nitrogens with zero attached hydrogens (tertiary/aromatic N) is 2. The van der Waals surface area contributed by atoms with Crippen molar-refractivity contribution in [3.8, 4) is 0 Å². The topological polar surface area (TPSA) is 7.12 Å². The van der Waals surface area contributed by atoms with Gasteiger partial charge in [-0.15, -0.1) is 0 Å². The Labute approximate surface area is 120 Å². The van der Waals surface area contributed by atoms with Crippen LogP contribution in [0.15, 0.2) is 42.6 Å². The molecule has 1 aromatic carbocycles. The molecular weight excluding hydrogens is 243 g/mol. The minimum Gasteiger partial charge on any atom is -0.410 e. The van der Waals surface area contributed by atoms with E-state index in [1.807, 2.05) is 0 Å². The van der Waals surface area contributed by atoms with Gasteiger partial charge in [0.1, 0.15) is 7.05 Å². The summed E-state index contributed by atoms with van der Waals surface area (Å²) in [5.41, 5.74) is 4.02. The van der Waals surface area contributed by atoms with Gasteiger partial charge in [0.15, 0.2) is 11.8 Å². The Bertz CT molecular complexity index is 780. The van der Waals surface area contributed by atoms with Crippen molar-refractivity contribution in [1.29, 1.82) is 0 Å². The van der Waals surface area contributed by atoms with Crippen LogP contribution in [0.25, 0.3) is 11.7 Å². The third-order valence-electron chi connectivity index (χ3n) is 4.15. The van der Waals surface area contributed by atoms with E-state index in [1.165, 1.54) is 27.1 Å². The van der Waals surface area contributed by atoms with E-state index in [4.69, 9.17) is 0 Å². The molecular formula is C17H20BN2+. The van der Waals surface area contributed by atoms with Crippen LogP contribution in [0.3, 0.4) is 0 Å². The maximum absolute atomic E-state index is 2.31. The molecule has 100 valence electrons. The highest BCUT2D eigenvalue weighted by atomic mass is 15.0. The molecule has 0 unspecified atom stereocenters. The SMILES string of the molecule is CC1=c2ccccc2=CN(C)B1c1ccc(C)c[n+]1C. The Balaban J connectivity index is 2.23. The number of rotatable bonds is 1. The maximum atomic E-state index is 2.31. The molecule has 2 aromatic rings. The van der Waals surface area contributed by atoms with Crippen LogP contribution in [0, 0.1) is 6.92 Å². The van der Waals surface area contributed by atoms with E-state index in [0.29, 0.717) is 6.85 Å². The van der Waals surface area contributed by atoms with Crippen molar-refractivity contribution in [2.45, 2.75) is 13.8 Å². The molecule has 0 amide bonds. The van der Waals surface area contributed by atoms with Gasteiger partial charge in [0.05, 0.1) is 0 Å². The number of hydrogen-bond donors (Lipinski definition) is 0. The summed E-state index contributed by atoms with van der Waals surface area (Å²) < 4.78 is 2.24. The minimum atomic E-state index is 0.301. The second-order valence-corrected chi connectivity index (χ2v) is 5.71. The predicted octanol–water partition coefficient (Wildman–Crippen LogP) is 0.111. The van der Waals surface area contributed by atoms with Gasteiger partial charge in [0.25, 0.3) is 0 Å². The molecule has 0 aliphatic carbocycles. The number of aryl methyl sites for hydroxylation is 2. The van der Waals surface area contributed by atoms with Crippen LogP contribution in [-0.4, -0.2) is 18.7 Å². The molecule has 0 fully saturated rings. The smallest absolute Gasteiger partial charge is 0.399 e. The van der Waals surface area contributed by atoms with Gasteiger partial charge in [-0.25, -0.2) is 4.57 Å². The third kappa shape index (κ3) is 2.03. The van der Waals surface area contributed by atoms with E-state index in [2.05, 4.69) is 86.1 Å². The van der Waals surface area contributed by atoms with Crippen LogP contribution in [0.4, 0.5) is 0 Å². The zero-order chi connectivity index (χ0) is 14.3. The fraction of sp³-hybridized carbons (Fsp3) is 0.235. The monoisotopic (exact) mass is 263 g/mol. The van der Waals surface area contributed by atoms with Crippen LogP contribution in [-0.2, 0) is 7.05 Å². The van der Waals surface area contributed by atoms with Gasteiger partial charge in [-0.05, 0) is 49.7 Å². The van der Waals surface area contributed by atoms with Crippen molar-refractivity contribution in [2.24, 2.45) is 7.05 Å². The lowest BCUT2D eigenvalue weighted by Gasteiger charge is -2.25. The summed E-state index contributed by atoms with van der Waals surface area (Å²) >= 11 is 0. The first kappa shape index (κ1) is 13.0. The Morgan fingerprint density at radius 1 is 1.05 bits per heavy atom. The first-order chi connectivity index (χ1) is 9.58. The zero-order valence-corrected chi connectivity index (χ0v) is 12.6. The molecule has 0 radical (unpaired) electrons. The Hall–Kier alpha value is -2.03. The fourth-order valence-corrected chi connectivity index (χ4v) is 3.19. The fourth-order valence-electron chi connectivity index (χ4n) is 3.19. The van der Waals surface area contributed by atoms with Gasteiger partial charge in [0, 0.05) is 5.56 Å². The molecule has 0 N–H and O–H groups in total. The number of aromatic nitrogens is 1. The van der Waals surface area contributed by atoms with Crippen LogP contribution in [0.5, 0.6) is 0 Å². The lowest BCUT2D eigenvalue weighted by atomic mass is 9.50. The average Bonchev–Trinajstić information content (AvgIpc) is 2.41.